The van der Waals surface area contributed by atoms with Crippen molar-refractivity contribution in [3.05, 3.63) is 18.0 Å². The maximum absolute atomic E-state index is 12.2. The fraction of sp³-hybridized carbons (Fsp3) is 0.667. The molecule has 1 aromatic rings. The SMILES string of the molecule is C[C@H]1CCCN(C(=O)[C@@H](N)c2cnn(C)c2)C1. The first-order valence-electron chi connectivity index (χ1n) is 6.11. The summed E-state index contributed by atoms with van der Waals surface area (Å²) in [5, 5.41) is 4.05. The zero-order valence-electron chi connectivity index (χ0n) is 10.5. The van der Waals surface area contributed by atoms with Gasteiger partial charge in [-0.25, -0.2) is 0 Å². The number of hydrogen-bond acceptors (Lipinski definition) is 3. The first kappa shape index (κ1) is 12.1. The molecule has 0 saturated carbocycles. The highest BCUT2D eigenvalue weighted by Crippen LogP contribution is 2.19. The summed E-state index contributed by atoms with van der Waals surface area (Å²) in [7, 11) is 1.82. The van der Waals surface area contributed by atoms with Gasteiger partial charge in [0.2, 0.25) is 5.91 Å². The van der Waals surface area contributed by atoms with Crippen LogP contribution in [0, 0.1) is 5.92 Å². The van der Waals surface area contributed by atoms with Crippen LogP contribution in [0.3, 0.4) is 0 Å². The number of aryl methyl sites for hydroxylation is 1. The average molecular weight is 236 g/mol. The summed E-state index contributed by atoms with van der Waals surface area (Å²) >= 11 is 0. The van der Waals surface area contributed by atoms with Crippen LogP contribution in [0.25, 0.3) is 0 Å². The van der Waals surface area contributed by atoms with Gasteiger partial charge in [-0.15, -0.1) is 0 Å². The standard InChI is InChI=1S/C12H20N4O/c1-9-4-3-5-16(7-9)12(17)11(13)10-6-14-15(2)8-10/h6,8-9,11H,3-5,7,13H2,1-2H3/t9-,11-/m0/s1. The molecule has 0 aromatic carbocycles. The number of piperidine rings is 1. The highest BCUT2D eigenvalue weighted by molar-refractivity contribution is 5.83. The second-order valence-electron chi connectivity index (χ2n) is 4.96. The number of rotatable bonds is 2. The van der Waals surface area contributed by atoms with Crippen LogP contribution in [-0.4, -0.2) is 33.7 Å². The molecule has 2 rings (SSSR count). The van der Waals surface area contributed by atoms with Crippen LogP contribution < -0.4 is 5.73 Å². The van der Waals surface area contributed by atoms with Gasteiger partial charge in [0, 0.05) is 31.9 Å². The van der Waals surface area contributed by atoms with E-state index in [0.29, 0.717) is 5.92 Å². The zero-order chi connectivity index (χ0) is 12.4. The largest absolute Gasteiger partial charge is 0.341 e. The second-order valence-corrected chi connectivity index (χ2v) is 4.96. The smallest absolute Gasteiger partial charge is 0.244 e. The minimum absolute atomic E-state index is 0.0181. The van der Waals surface area contributed by atoms with E-state index in [-0.39, 0.29) is 5.91 Å². The average Bonchev–Trinajstić information content (AvgIpc) is 2.74. The number of nitrogens with zero attached hydrogens (tertiary/aromatic N) is 3. The number of carbonyl (C=O) groups excluding carboxylic acids is 1. The second kappa shape index (κ2) is 4.87. The summed E-state index contributed by atoms with van der Waals surface area (Å²) in [6.45, 7) is 3.83. The van der Waals surface area contributed by atoms with Gasteiger partial charge >= 0.3 is 0 Å². The van der Waals surface area contributed by atoms with Gasteiger partial charge in [-0.05, 0) is 18.8 Å². The van der Waals surface area contributed by atoms with E-state index < -0.39 is 6.04 Å². The Morgan fingerprint density at radius 1 is 1.65 bits per heavy atom. The molecule has 1 aromatic heterocycles. The van der Waals surface area contributed by atoms with E-state index in [1.165, 1.54) is 6.42 Å². The van der Waals surface area contributed by atoms with Crippen molar-refractivity contribution in [3.8, 4) is 0 Å². The molecule has 17 heavy (non-hydrogen) atoms. The molecule has 2 N–H and O–H groups in total. The van der Waals surface area contributed by atoms with Crippen molar-refractivity contribution in [1.82, 2.24) is 14.7 Å². The molecule has 1 fully saturated rings. The quantitative estimate of drug-likeness (QED) is 0.821. The third-order valence-corrected chi connectivity index (χ3v) is 3.32. The van der Waals surface area contributed by atoms with Crippen molar-refractivity contribution >= 4 is 5.91 Å². The fourth-order valence-corrected chi connectivity index (χ4v) is 2.33. The van der Waals surface area contributed by atoms with Crippen LogP contribution in [0.4, 0.5) is 0 Å². The van der Waals surface area contributed by atoms with Crippen LogP contribution in [0.5, 0.6) is 0 Å². The first-order chi connectivity index (χ1) is 8.08. The molecule has 2 atom stereocenters. The van der Waals surface area contributed by atoms with Gasteiger partial charge in [-0.2, -0.15) is 5.10 Å². The van der Waals surface area contributed by atoms with E-state index in [1.54, 1.807) is 17.1 Å². The topological polar surface area (TPSA) is 64.2 Å². The van der Waals surface area contributed by atoms with E-state index >= 15 is 0 Å². The van der Waals surface area contributed by atoms with Gasteiger partial charge in [0.05, 0.1) is 6.20 Å². The Kier molecular flexibility index (Phi) is 3.47. The molecule has 0 unspecified atom stereocenters. The van der Waals surface area contributed by atoms with Crippen LogP contribution >= 0.6 is 0 Å². The molecule has 1 amide bonds. The number of aromatic nitrogens is 2. The van der Waals surface area contributed by atoms with Crippen molar-refractivity contribution < 1.29 is 4.79 Å². The van der Waals surface area contributed by atoms with Gasteiger partial charge in [0.25, 0.3) is 0 Å². The Morgan fingerprint density at radius 3 is 3.00 bits per heavy atom. The highest BCUT2D eigenvalue weighted by atomic mass is 16.2. The molecular formula is C12H20N4O. The van der Waals surface area contributed by atoms with Crippen molar-refractivity contribution in [2.75, 3.05) is 13.1 Å². The first-order valence-corrected chi connectivity index (χ1v) is 6.11. The summed E-state index contributed by atoms with van der Waals surface area (Å²) in [5.41, 5.74) is 6.77. The summed E-state index contributed by atoms with van der Waals surface area (Å²) < 4.78 is 1.67. The lowest BCUT2D eigenvalue weighted by molar-refractivity contribution is -0.134. The monoisotopic (exact) mass is 236 g/mol. The lowest BCUT2D eigenvalue weighted by Gasteiger charge is -2.32. The molecule has 0 radical (unpaired) electrons. The number of hydrogen-bond donors (Lipinski definition) is 1. The molecule has 1 aliphatic rings. The summed E-state index contributed by atoms with van der Waals surface area (Å²) in [5.74, 6) is 0.596. The van der Waals surface area contributed by atoms with Crippen LogP contribution in [0.15, 0.2) is 12.4 Å². The van der Waals surface area contributed by atoms with E-state index in [1.807, 2.05) is 11.9 Å². The number of amides is 1. The van der Waals surface area contributed by atoms with Gasteiger partial charge < -0.3 is 10.6 Å². The predicted molar refractivity (Wildman–Crippen MR) is 65.1 cm³/mol. The Hall–Kier alpha value is -1.36. The third kappa shape index (κ3) is 2.66. The Labute approximate surface area is 102 Å². The fourth-order valence-electron chi connectivity index (χ4n) is 2.33. The maximum Gasteiger partial charge on any atom is 0.244 e. The lowest BCUT2D eigenvalue weighted by Crippen LogP contribution is -2.43. The molecular weight excluding hydrogens is 216 g/mol. The highest BCUT2D eigenvalue weighted by Gasteiger charge is 2.26. The van der Waals surface area contributed by atoms with E-state index in [2.05, 4.69) is 12.0 Å². The lowest BCUT2D eigenvalue weighted by atomic mass is 9.99. The Bertz CT molecular complexity index is 401. The van der Waals surface area contributed by atoms with Crippen LogP contribution in [0.2, 0.25) is 0 Å². The molecule has 2 heterocycles. The third-order valence-electron chi connectivity index (χ3n) is 3.32. The summed E-state index contributed by atoms with van der Waals surface area (Å²) in [6.07, 6.45) is 5.74. The maximum atomic E-state index is 12.2. The van der Waals surface area contributed by atoms with Gasteiger partial charge in [0.15, 0.2) is 0 Å². The van der Waals surface area contributed by atoms with E-state index in [0.717, 1.165) is 25.1 Å². The van der Waals surface area contributed by atoms with Crippen molar-refractivity contribution in [2.45, 2.75) is 25.8 Å². The summed E-state index contributed by atoms with van der Waals surface area (Å²) in [6, 6.07) is -0.575. The Morgan fingerprint density at radius 2 is 2.41 bits per heavy atom. The zero-order valence-corrected chi connectivity index (χ0v) is 10.5. The van der Waals surface area contributed by atoms with Gasteiger partial charge in [-0.3, -0.25) is 9.48 Å². The normalized spacial score (nSPS) is 22.5. The molecule has 0 spiro atoms. The molecule has 94 valence electrons. The molecule has 1 saturated heterocycles. The van der Waals surface area contributed by atoms with Crippen molar-refractivity contribution in [1.29, 1.82) is 0 Å². The number of carbonyl (C=O) groups is 1. The molecule has 0 aliphatic carbocycles. The number of likely N-dealkylation sites (tertiary alicyclic amines) is 1. The minimum atomic E-state index is -0.575. The Balaban J connectivity index is 2.04. The van der Waals surface area contributed by atoms with Gasteiger partial charge in [0.1, 0.15) is 6.04 Å². The van der Waals surface area contributed by atoms with Gasteiger partial charge in [-0.1, -0.05) is 6.92 Å². The minimum Gasteiger partial charge on any atom is -0.341 e. The predicted octanol–water partition coefficient (Wildman–Crippen LogP) is 0.678. The van der Waals surface area contributed by atoms with Crippen LogP contribution in [0.1, 0.15) is 31.4 Å². The van der Waals surface area contributed by atoms with Crippen LogP contribution in [-0.2, 0) is 11.8 Å². The molecule has 1 aliphatic heterocycles. The van der Waals surface area contributed by atoms with E-state index in [9.17, 15) is 4.79 Å². The molecule has 0 bridgehead atoms. The summed E-state index contributed by atoms with van der Waals surface area (Å²) in [4.78, 5) is 14.1. The molecule has 5 heteroatoms. The number of nitrogens with two attached hydrogens (primary N) is 1. The molecule has 5 nitrogen and oxygen atoms in total. The van der Waals surface area contributed by atoms with Crippen molar-refractivity contribution in [3.63, 3.8) is 0 Å². The van der Waals surface area contributed by atoms with Crippen molar-refractivity contribution in [2.24, 2.45) is 18.7 Å². The van der Waals surface area contributed by atoms with E-state index in [4.69, 9.17) is 5.73 Å².